The van der Waals surface area contributed by atoms with Crippen molar-refractivity contribution in [3.63, 3.8) is 0 Å². The monoisotopic (exact) mass is 430 g/mol. The van der Waals surface area contributed by atoms with Crippen molar-refractivity contribution in [3.8, 4) is 5.82 Å². The molecular weight excluding hydrogens is 408 g/mol. The predicted octanol–water partition coefficient (Wildman–Crippen LogP) is 0.978. The number of nitrogens with one attached hydrogen (secondary N) is 1. The molecule has 1 aliphatic heterocycles. The van der Waals surface area contributed by atoms with Gasteiger partial charge in [-0.1, -0.05) is 0 Å². The Morgan fingerprint density at radius 2 is 2.10 bits per heavy atom. The van der Waals surface area contributed by atoms with E-state index in [0.717, 1.165) is 5.39 Å². The van der Waals surface area contributed by atoms with E-state index in [2.05, 4.69) is 27.1 Å². The van der Waals surface area contributed by atoms with Crippen LogP contribution < -0.4 is 4.90 Å². The molecule has 0 amide bonds. The molecule has 1 saturated heterocycles. The normalized spacial score (nSPS) is 18.1. The molecule has 158 valence electrons. The first-order valence-electron chi connectivity index (χ1n) is 9.55. The molecule has 4 aromatic rings. The van der Waals surface area contributed by atoms with E-state index in [-0.39, 0.29) is 6.04 Å². The second kappa shape index (κ2) is 6.79. The number of hydrogen-bond donors (Lipinski definition) is 1. The van der Waals surface area contributed by atoms with Crippen LogP contribution in [0.25, 0.3) is 27.8 Å². The average molecular weight is 430 g/mol. The lowest BCUT2D eigenvalue weighted by Gasteiger charge is -2.34. The lowest BCUT2D eigenvalue weighted by molar-refractivity contribution is 0.0987. The van der Waals surface area contributed by atoms with Crippen LogP contribution >= 0.6 is 0 Å². The van der Waals surface area contributed by atoms with Gasteiger partial charge in [0.05, 0.1) is 42.6 Å². The third-order valence-electron chi connectivity index (χ3n) is 5.37. The highest BCUT2D eigenvalue weighted by molar-refractivity contribution is 7.87. The maximum Gasteiger partial charge on any atom is 0.307 e. The fraction of sp³-hybridized carbons (Fsp3) is 0.389. The maximum atomic E-state index is 13.0. The van der Waals surface area contributed by atoms with Gasteiger partial charge in [0.2, 0.25) is 0 Å². The summed E-state index contributed by atoms with van der Waals surface area (Å²) in [6.07, 6.45) is 4.84. The molecule has 1 fully saturated rings. The number of hydrogen-bond acceptors (Lipinski definition) is 7. The number of fused-ring (bicyclic) bond motifs is 3. The summed E-state index contributed by atoms with van der Waals surface area (Å²) in [5, 5.41) is 12.7. The predicted molar refractivity (Wildman–Crippen MR) is 112 cm³/mol. The Morgan fingerprint density at radius 3 is 2.80 bits per heavy atom. The Balaban J connectivity index is 1.87. The molecule has 12 heteroatoms. The minimum atomic E-state index is -3.74. The molecule has 0 saturated carbocycles. The van der Waals surface area contributed by atoms with Crippen LogP contribution in [0.5, 0.6) is 0 Å². The van der Waals surface area contributed by atoms with Gasteiger partial charge in [-0.15, -0.1) is 0 Å². The Kier molecular flexibility index (Phi) is 4.31. The Morgan fingerprint density at radius 1 is 1.27 bits per heavy atom. The molecule has 0 radical (unpaired) electrons. The van der Waals surface area contributed by atoms with Gasteiger partial charge >= 0.3 is 10.2 Å². The summed E-state index contributed by atoms with van der Waals surface area (Å²) in [5.74, 6) is 1.36. The van der Waals surface area contributed by atoms with Crippen molar-refractivity contribution in [1.82, 2.24) is 33.2 Å². The maximum absolute atomic E-state index is 13.0. The third kappa shape index (κ3) is 2.71. The van der Waals surface area contributed by atoms with Crippen LogP contribution in [0.2, 0.25) is 0 Å². The van der Waals surface area contributed by atoms with Crippen molar-refractivity contribution in [1.29, 1.82) is 0 Å². The average Bonchev–Trinajstić information content (AvgIpc) is 3.45. The SMILES string of the molecule is CC1COCCN1c1nc2c(cnn2-c2ccn[nH]2)c2c1ccn2S(=O)(=O)N(C)C. The Bertz CT molecular complexity index is 1320. The number of anilines is 1. The second-order valence-corrected chi connectivity index (χ2v) is 9.47. The first-order chi connectivity index (χ1) is 14.4. The fourth-order valence-corrected chi connectivity index (χ4v) is 4.80. The summed E-state index contributed by atoms with van der Waals surface area (Å²) in [7, 11) is -0.710. The zero-order valence-corrected chi connectivity index (χ0v) is 17.7. The molecule has 0 bridgehead atoms. The number of nitrogens with zero attached hydrogens (tertiary/aromatic N) is 7. The highest BCUT2D eigenvalue weighted by atomic mass is 32.2. The van der Waals surface area contributed by atoms with Crippen LogP contribution in [0, 0.1) is 0 Å². The van der Waals surface area contributed by atoms with E-state index in [1.165, 1.54) is 22.4 Å². The van der Waals surface area contributed by atoms with E-state index in [9.17, 15) is 8.42 Å². The van der Waals surface area contributed by atoms with E-state index in [1.807, 2.05) is 0 Å². The molecule has 30 heavy (non-hydrogen) atoms. The van der Waals surface area contributed by atoms with Gasteiger partial charge in [-0.25, -0.2) is 8.96 Å². The van der Waals surface area contributed by atoms with Crippen LogP contribution in [-0.4, -0.2) is 81.6 Å². The van der Waals surface area contributed by atoms with E-state index in [1.54, 1.807) is 35.4 Å². The molecule has 5 heterocycles. The Labute approximate surface area is 173 Å². The standard InChI is InChI=1S/C18H22N8O3S/c1-12-11-29-9-8-24(12)17-13-5-7-25(30(27,28)23(2)3)16(13)14-10-20-26(18(14)21-17)15-4-6-19-22-15/h4-7,10,12H,8-9,11H2,1-3H3,(H,19,22). The molecule has 0 aliphatic carbocycles. The molecule has 0 aromatic carbocycles. The summed E-state index contributed by atoms with van der Waals surface area (Å²) in [4.78, 5) is 7.09. The first-order valence-corrected chi connectivity index (χ1v) is 10.9. The molecule has 5 rings (SSSR count). The van der Waals surface area contributed by atoms with Crippen LogP contribution in [0.15, 0.2) is 30.7 Å². The fourth-order valence-electron chi connectivity index (χ4n) is 3.81. The lowest BCUT2D eigenvalue weighted by atomic mass is 10.2. The molecule has 1 atom stereocenters. The minimum Gasteiger partial charge on any atom is -0.377 e. The van der Waals surface area contributed by atoms with Crippen molar-refractivity contribution in [2.24, 2.45) is 0 Å². The van der Waals surface area contributed by atoms with Crippen molar-refractivity contribution >= 4 is 38.0 Å². The molecule has 4 aromatic heterocycles. The highest BCUT2D eigenvalue weighted by Crippen LogP contribution is 2.35. The molecule has 1 aliphatic rings. The first kappa shape index (κ1) is 19.0. The van der Waals surface area contributed by atoms with Crippen LogP contribution in [0.1, 0.15) is 6.92 Å². The number of morpholine rings is 1. The van der Waals surface area contributed by atoms with Crippen molar-refractivity contribution in [2.45, 2.75) is 13.0 Å². The summed E-state index contributed by atoms with van der Waals surface area (Å²) < 4.78 is 35.8. The summed E-state index contributed by atoms with van der Waals surface area (Å²) >= 11 is 0. The van der Waals surface area contributed by atoms with Gasteiger partial charge in [-0.3, -0.25) is 5.10 Å². The zero-order chi connectivity index (χ0) is 21.0. The van der Waals surface area contributed by atoms with Gasteiger partial charge in [0.25, 0.3) is 0 Å². The van der Waals surface area contributed by atoms with E-state index >= 15 is 0 Å². The van der Waals surface area contributed by atoms with E-state index in [4.69, 9.17) is 9.72 Å². The lowest BCUT2D eigenvalue weighted by Crippen LogP contribution is -2.44. The van der Waals surface area contributed by atoms with Crippen LogP contribution in [-0.2, 0) is 14.9 Å². The zero-order valence-electron chi connectivity index (χ0n) is 16.8. The van der Waals surface area contributed by atoms with Crippen molar-refractivity contribution < 1.29 is 13.2 Å². The summed E-state index contributed by atoms with van der Waals surface area (Å²) in [5.41, 5.74) is 1.10. The third-order valence-corrected chi connectivity index (χ3v) is 7.09. The minimum absolute atomic E-state index is 0.101. The largest absolute Gasteiger partial charge is 0.377 e. The van der Waals surface area contributed by atoms with E-state index in [0.29, 0.717) is 47.9 Å². The van der Waals surface area contributed by atoms with Gasteiger partial charge in [-0.05, 0) is 13.0 Å². The number of H-pyrrole nitrogens is 1. The number of pyridine rings is 1. The van der Waals surface area contributed by atoms with Crippen LogP contribution in [0.3, 0.4) is 0 Å². The number of aromatic amines is 1. The van der Waals surface area contributed by atoms with Gasteiger partial charge in [0.1, 0.15) is 5.82 Å². The van der Waals surface area contributed by atoms with Crippen molar-refractivity contribution in [3.05, 3.63) is 30.7 Å². The van der Waals surface area contributed by atoms with Gasteiger partial charge in [0.15, 0.2) is 11.5 Å². The molecule has 11 nitrogen and oxygen atoms in total. The molecule has 1 unspecified atom stereocenters. The summed E-state index contributed by atoms with van der Waals surface area (Å²) in [6, 6.07) is 3.68. The molecule has 0 spiro atoms. The Hall–Kier alpha value is -2.96. The van der Waals surface area contributed by atoms with Crippen molar-refractivity contribution in [2.75, 3.05) is 38.8 Å². The number of rotatable bonds is 4. The van der Waals surface area contributed by atoms with Gasteiger partial charge in [-0.2, -0.15) is 27.6 Å². The number of aromatic nitrogens is 6. The highest BCUT2D eigenvalue weighted by Gasteiger charge is 2.28. The molecule has 1 N–H and O–H groups in total. The quantitative estimate of drug-likeness (QED) is 0.513. The van der Waals surface area contributed by atoms with Gasteiger partial charge < -0.3 is 9.64 Å². The summed E-state index contributed by atoms with van der Waals surface area (Å²) in [6.45, 7) is 3.90. The smallest absolute Gasteiger partial charge is 0.307 e. The van der Waals surface area contributed by atoms with Crippen LogP contribution in [0.4, 0.5) is 5.82 Å². The topological polar surface area (TPSA) is 114 Å². The number of ether oxygens (including phenoxy) is 1. The molecular formula is C18H22N8O3S. The van der Waals surface area contributed by atoms with E-state index < -0.39 is 10.2 Å². The second-order valence-electron chi connectivity index (χ2n) is 7.45. The van der Waals surface area contributed by atoms with Gasteiger partial charge in [0, 0.05) is 38.3 Å².